The molecule has 1 heterocycles. The first-order valence-corrected chi connectivity index (χ1v) is 5.58. The number of rotatable bonds is 3. The maximum absolute atomic E-state index is 11.7. The Morgan fingerprint density at radius 2 is 2.25 bits per heavy atom. The van der Waals surface area contributed by atoms with Gasteiger partial charge in [0.2, 0.25) is 0 Å². The molecule has 82 valence electrons. The van der Waals surface area contributed by atoms with Crippen molar-refractivity contribution in [1.29, 1.82) is 0 Å². The highest BCUT2D eigenvalue weighted by Crippen LogP contribution is 2.23. The van der Waals surface area contributed by atoms with Gasteiger partial charge in [0.05, 0.1) is 18.3 Å². The molecule has 0 saturated heterocycles. The van der Waals surface area contributed by atoms with Gasteiger partial charge in [-0.15, -0.1) is 11.3 Å². The van der Waals surface area contributed by atoms with Crippen LogP contribution in [0.25, 0.3) is 0 Å². The molecule has 4 nitrogen and oxygen atoms in total. The number of nitrogens with one attached hydrogen (secondary N) is 1. The lowest BCUT2D eigenvalue weighted by molar-refractivity contribution is 0.102. The molecule has 0 saturated carbocycles. The fourth-order valence-electron chi connectivity index (χ4n) is 1.26. The van der Waals surface area contributed by atoms with Crippen LogP contribution < -0.4 is 10.1 Å². The molecule has 0 spiro atoms. The third-order valence-corrected chi connectivity index (χ3v) is 2.61. The Morgan fingerprint density at radius 3 is 2.94 bits per heavy atom. The van der Waals surface area contributed by atoms with Gasteiger partial charge in [0.25, 0.3) is 5.91 Å². The normalized spacial score (nSPS) is 9.81. The molecule has 0 atom stereocenters. The standard InChI is InChI=1S/C11H10N2O2S/c1-15-10-5-3-2-4-8(10)13-11(14)9-6-16-7-12-9/h2-7H,1H3,(H,13,14). The number of aromatic nitrogens is 1. The summed E-state index contributed by atoms with van der Waals surface area (Å²) in [6.07, 6.45) is 0. The molecule has 5 heteroatoms. The molecule has 0 radical (unpaired) electrons. The van der Waals surface area contributed by atoms with Crippen molar-refractivity contribution < 1.29 is 9.53 Å². The predicted molar refractivity (Wildman–Crippen MR) is 63.1 cm³/mol. The summed E-state index contributed by atoms with van der Waals surface area (Å²) in [7, 11) is 1.56. The molecule has 1 amide bonds. The topological polar surface area (TPSA) is 51.2 Å². The maximum atomic E-state index is 11.7. The van der Waals surface area contributed by atoms with Crippen molar-refractivity contribution in [2.45, 2.75) is 0 Å². The second kappa shape index (κ2) is 4.76. The predicted octanol–water partition coefficient (Wildman–Crippen LogP) is 2.40. The fraction of sp³-hybridized carbons (Fsp3) is 0.0909. The monoisotopic (exact) mass is 234 g/mol. The van der Waals surface area contributed by atoms with E-state index in [1.54, 1.807) is 30.1 Å². The average molecular weight is 234 g/mol. The van der Waals surface area contributed by atoms with Crippen molar-refractivity contribution in [1.82, 2.24) is 4.98 Å². The summed E-state index contributed by atoms with van der Waals surface area (Å²) in [5, 5.41) is 4.44. The Kier molecular flexibility index (Phi) is 3.16. The van der Waals surface area contributed by atoms with Crippen LogP contribution in [0.3, 0.4) is 0 Å². The number of nitrogens with zero attached hydrogens (tertiary/aromatic N) is 1. The van der Waals surface area contributed by atoms with Crippen molar-refractivity contribution in [2.75, 3.05) is 12.4 Å². The van der Waals surface area contributed by atoms with E-state index in [9.17, 15) is 4.79 Å². The van der Waals surface area contributed by atoms with E-state index in [1.165, 1.54) is 11.3 Å². The molecule has 2 aromatic rings. The molecule has 1 aromatic heterocycles. The van der Waals surface area contributed by atoms with E-state index in [0.717, 1.165) is 0 Å². The molecule has 0 aliphatic rings. The van der Waals surface area contributed by atoms with Crippen LogP contribution in [0.1, 0.15) is 10.5 Å². The lowest BCUT2D eigenvalue weighted by Crippen LogP contribution is -2.12. The minimum Gasteiger partial charge on any atom is -0.495 e. The van der Waals surface area contributed by atoms with Crippen molar-refractivity contribution in [2.24, 2.45) is 0 Å². The van der Waals surface area contributed by atoms with Crippen molar-refractivity contribution >= 4 is 22.9 Å². The van der Waals surface area contributed by atoms with E-state index < -0.39 is 0 Å². The van der Waals surface area contributed by atoms with Crippen LogP contribution in [-0.4, -0.2) is 18.0 Å². The lowest BCUT2D eigenvalue weighted by Gasteiger charge is -2.08. The van der Waals surface area contributed by atoms with Crippen LogP contribution in [0, 0.1) is 0 Å². The highest BCUT2D eigenvalue weighted by atomic mass is 32.1. The number of hydrogen-bond acceptors (Lipinski definition) is 4. The second-order valence-corrected chi connectivity index (χ2v) is 3.75. The minimum atomic E-state index is -0.231. The summed E-state index contributed by atoms with van der Waals surface area (Å²) in [6, 6.07) is 7.25. The number of para-hydroxylation sites is 2. The number of hydrogen-bond donors (Lipinski definition) is 1. The number of amides is 1. The Hall–Kier alpha value is -1.88. The summed E-state index contributed by atoms with van der Waals surface area (Å²) in [5.74, 6) is 0.400. The highest BCUT2D eigenvalue weighted by Gasteiger charge is 2.10. The zero-order valence-electron chi connectivity index (χ0n) is 8.64. The van der Waals surface area contributed by atoms with Gasteiger partial charge in [-0.05, 0) is 12.1 Å². The molecule has 0 bridgehead atoms. The molecule has 1 N–H and O–H groups in total. The molecule has 0 fully saturated rings. The van der Waals surface area contributed by atoms with Gasteiger partial charge in [0, 0.05) is 5.38 Å². The van der Waals surface area contributed by atoms with E-state index in [0.29, 0.717) is 17.1 Å². The Morgan fingerprint density at radius 1 is 1.44 bits per heavy atom. The van der Waals surface area contributed by atoms with Gasteiger partial charge in [-0.2, -0.15) is 0 Å². The summed E-state index contributed by atoms with van der Waals surface area (Å²) < 4.78 is 5.13. The summed E-state index contributed by atoms with van der Waals surface area (Å²) >= 11 is 1.39. The number of carbonyl (C=O) groups is 1. The molecule has 1 aromatic carbocycles. The molecule has 16 heavy (non-hydrogen) atoms. The van der Waals surface area contributed by atoms with E-state index in [1.807, 2.05) is 12.1 Å². The van der Waals surface area contributed by atoms with E-state index in [-0.39, 0.29) is 5.91 Å². The van der Waals surface area contributed by atoms with Gasteiger partial charge in [-0.3, -0.25) is 4.79 Å². The SMILES string of the molecule is COc1ccccc1NC(=O)c1cscn1. The van der Waals surface area contributed by atoms with Gasteiger partial charge in [0.15, 0.2) is 0 Å². The number of ether oxygens (including phenoxy) is 1. The summed E-state index contributed by atoms with van der Waals surface area (Å²) in [6.45, 7) is 0. The molecule has 0 aliphatic heterocycles. The number of benzene rings is 1. The summed E-state index contributed by atoms with van der Waals surface area (Å²) in [4.78, 5) is 15.7. The average Bonchev–Trinajstić information content (AvgIpc) is 2.83. The van der Waals surface area contributed by atoms with Crippen molar-refractivity contribution in [3.05, 3.63) is 40.8 Å². The second-order valence-electron chi connectivity index (χ2n) is 3.03. The third-order valence-electron chi connectivity index (χ3n) is 2.02. The van der Waals surface area contributed by atoms with Crippen LogP contribution in [0.5, 0.6) is 5.75 Å². The zero-order chi connectivity index (χ0) is 11.4. The molecular formula is C11H10N2O2S. The van der Waals surface area contributed by atoms with Gasteiger partial charge >= 0.3 is 0 Å². The Balaban J connectivity index is 2.18. The molecule has 0 aliphatic carbocycles. The maximum Gasteiger partial charge on any atom is 0.275 e. The van der Waals surface area contributed by atoms with Gasteiger partial charge in [0.1, 0.15) is 11.4 Å². The van der Waals surface area contributed by atoms with Crippen LogP contribution in [0.15, 0.2) is 35.2 Å². The molecular weight excluding hydrogens is 224 g/mol. The quantitative estimate of drug-likeness (QED) is 0.887. The fourth-order valence-corrected chi connectivity index (χ4v) is 1.79. The van der Waals surface area contributed by atoms with Crippen LogP contribution in [-0.2, 0) is 0 Å². The van der Waals surface area contributed by atoms with Crippen molar-refractivity contribution in [3.63, 3.8) is 0 Å². The smallest absolute Gasteiger partial charge is 0.275 e. The highest BCUT2D eigenvalue weighted by molar-refractivity contribution is 7.07. The molecule has 0 unspecified atom stereocenters. The first kappa shape index (κ1) is 10.6. The van der Waals surface area contributed by atoms with Crippen LogP contribution in [0.4, 0.5) is 5.69 Å². The number of thiazole rings is 1. The van der Waals surface area contributed by atoms with Gasteiger partial charge in [-0.25, -0.2) is 4.98 Å². The first-order valence-electron chi connectivity index (χ1n) is 4.64. The largest absolute Gasteiger partial charge is 0.495 e. The Labute approximate surface area is 96.9 Å². The number of carbonyl (C=O) groups excluding carboxylic acids is 1. The van der Waals surface area contributed by atoms with Crippen LogP contribution >= 0.6 is 11.3 Å². The number of anilines is 1. The Bertz CT molecular complexity index is 482. The lowest BCUT2D eigenvalue weighted by atomic mass is 10.3. The first-order chi connectivity index (χ1) is 7.81. The van der Waals surface area contributed by atoms with E-state index >= 15 is 0 Å². The minimum absolute atomic E-state index is 0.231. The van der Waals surface area contributed by atoms with Crippen molar-refractivity contribution in [3.8, 4) is 5.75 Å². The third kappa shape index (κ3) is 2.20. The van der Waals surface area contributed by atoms with Crippen LogP contribution in [0.2, 0.25) is 0 Å². The summed E-state index contributed by atoms with van der Waals surface area (Å²) in [5.41, 5.74) is 2.68. The van der Waals surface area contributed by atoms with E-state index in [4.69, 9.17) is 4.74 Å². The zero-order valence-corrected chi connectivity index (χ0v) is 9.45. The van der Waals surface area contributed by atoms with E-state index in [2.05, 4.69) is 10.3 Å². The number of methoxy groups -OCH3 is 1. The van der Waals surface area contributed by atoms with Gasteiger partial charge in [-0.1, -0.05) is 12.1 Å². The van der Waals surface area contributed by atoms with Gasteiger partial charge < -0.3 is 10.1 Å². The molecule has 2 rings (SSSR count).